The fraction of sp³-hybridized carbons (Fsp3) is 0.909. The third-order valence-electron chi connectivity index (χ3n) is 3.23. The molecule has 0 aromatic carbocycles. The number of carbonyl (C=O) groups is 1. The Morgan fingerprint density at radius 3 is 2.47 bits per heavy atom. The van der Waals surface area contributed by atoms with Gasteiger partial charge in [0.15, 0.2) is 0 Å². The lowest BCUT2D eigenvalue weighted by Crippen LogP contribution is -2.38. The average Bonchev–Trinajstić information content (AvgIpc) is 2.17. The van der Waals surface area contributed by atoms with Gasteiger partial charge in [0.25, 0.3) is 0 Å². The predicted molar refractivity (Wildman–Crippen MR) is 56.6 cm³/mol. The van der Waals surface area contributed by atoms with Gasteiger partial charge in [0.05, 0.1) is 13.5 Å². The van der Waals surface area contributed by atoms with Gasteiger partial charge in [-0.2, -0.15) is 5.06 Å². The number of carbonyl (C=O) groups excluding carboxylic acids is 1. The van der Waals surface area contributed by atoms with Gasteiger partial charge in [-0.05, 0) is 18.3 Å². The molecule has 0 atom stereocenters. The lowest BCUT2D eigenvalue weighted by atomic mass is 9.71. The van der Waals surface area contributed by atoms with Crippen molar-refractivity contribution < 1.29 is 14.7 Å². The van der Waals surface area contributed by atoms with E-state index in [1.807, 2.05) is 0 Å². The van der Waals surface area contributed by atoms with Crippen LogP contribution in [0.4, 0.5) is 0 Å². The van der Waals surface area contributed by atoms with Gasteiger partial charge in [0.1, 0.15) is 0 Å². The molecule has 1 aliphatic carbocycles. The Labute approximate surface area is 91.2 Å². The van der Waals surface area contributed by atoms with Crippen molar-refractivity contribution >= 4 is 5.97 Å². The van der Waals surface area contributed by atoms with Crippen LogP contribution < -0.4 is 0 Å². The number of nitrogens with zero attached hydrogens (tertiary/aromatic N) is 1. The van der Waals surface area contributed by atoms with Crippen LogP contribution in [0.5, 0.6) is 0 Å². The Bertz CT molecular complexity index is 210. The van der Waals surface area contributed by atoms with E-state index in [2.05, 4.69) is 0 Å². The standard InChI is InChI=1S/C11H21NO3/c1-12(14)9-11(8-10(13)15-2)6-4-3-5-7-11/h14H,3-9H2,1-2H3. The third-order valence-corrected chi connectivity index (χ3v) is 3.23. The molecule has 1 aliphatic rings. The Hall–Kier alpha value is -0.610. The van der Waals surface area contributed by atoms with Crippen LogP contribution >= 0.6 is 0 Å². The molecule has 0 amide bonds. The molecule has 15 heavy (non-hydrogen) atoms. The van der Waals surface area contributed by atoms with E-state index in [1.54, 1.807) is 7.05 Å². The van der Waals surface area contributed by atoms with Crippen LogP contribution in [-0.4, -0.2) is 36.9 Å². The summed E-state index contributed by atoms with van der Waals surface area (Å²) >= 11 is 0. The van der Waals surface area contributed by atoms with Crippen LogP contribution in [0.3, 0.4) is 0 Å². The maximum absolute atomic E-state index is 11.3. The molecule has 1 saturated carbocycles. The molecule has 4 nitrogen and oxygen atoms in total. The molecule has 0 spiro atoms. The summed E-state index contributed by atoms with van der Waals surface area (Å²) in [5.41, 5.74) is -0.0746. The van der Waals surface area contributed by atoms with Gasteiger partial charge in [-0.1, -0.05) is 19.3 Å². The fourth-order valence-corrected chi connectivity index (χ4v) is 2.56. The molecule has 88 valence electrons. The number of hydrogen-bond acceptors (Lipinski definition) is 4. The molecule has 1 fully saturated rings. The van der Waals surface area contributed by atoms with Crippen molar-refractivity contribution in [2.24, 2.45) is 5.41 Å². The van der Waals surface area contributed by atoms with E-state index in [4.69, 9.17) is 4.74 Å². The Kier molecular flexibility index (Phi) is 4.54. The first-order valence-electron chi connectivity index (χ1n) is 5.55. The number of hydrogen-bond donors (Lipinski definition) is 1. The normalized spacial score (nSPS) is 20.3. The molecule has 1 rings (SSSR count). The summed E-state index contributed by atoms with van der Waals surface area (Å²) < 4.78 is 4.72. The van der Waals surface area contributed by atoms with E-state index in [0.717, 1.165) is 25.7 Å². The van der Waals surface area contributed by atoms with Crippen molar-refractivity contribution in [2.75, 3.05) is 20.7 Å². The minimum absolute atomic E-state index is 0.0746. The van der Waals surface area contributed by atoms with Crippen molar-refractivity contribution in [3.63, 3.8) is 0 Å². The van der Waals surface area contributed by atoms with Crippen molar-refractivity contribution in [2.45, 2.75) is 38.5 Å². The molecule has 0 saturated heterocycles. The molecule has 0 aromatic heterocycles. The molecule has 0 aromatic rings. The minimum atomic E-state index is -0.168. The summed E-state index contributed by atoms with van der Waals surface area (Å²) in [6, 6.07) is 0. The van der Waals surface area contributed by atoms with E-state index in [9.17, 15) is 10.0 Å². The number of esters is 1. The van der Waals surface area contributed by atoms with Crippen LogP contribution in [0.2, 0.25) is 0 Å². The average molecular weight is 215 g/mol. The fourth-order valence-electron chi connectivity index (χ4n) is 2.56. The second-order valence-corrected chi connectivity index (χ2v) is 4.63. The van der Waals surface area contributed by atoms with E-state index in [0.29, 0.717) is 13.0 Å². The van der Waals surface area contributed by atoms with Crippen LogP contribution in [0.1, 0.15) is 38.5 Å². The minimum Gasteiger partial charge on any atom is -0.469 e. The lowest BCUT2D eigenvalue weighted by molar-refractivity contribution is -0.148. The molecular formula is C11H21NO3. The number of hydroxylamine groups is 2. The highest BCUT2D eigenvalue weighted by atomic mass is 16.5. The second kappa shape index (κ2) is 5.47. The zero-order valence-corrected chi connectivity index (χ0v) is 9.66. The highest BCUT2D eigenvalue weighted by Crippen LogP contribution is 2.39. The zero-order valence-electron chi connectivity index (χ0n) is 9.66. The number of rotatable bonds is 4. The number of methoxy groups -OCH3 is 1. The van der Waals surface area contributed by atoms with Crippen LogP contribution in [0, 0.1) is 5.41 Å². The predicted octanol–water partition coefficient (Wildman–Crippen LogP) is 1.82. The van der Waals surface area contributed by atoms with Gasteiger partial charge < -0.3 is 9.94 Å². The molecule has 0 bridgehead atoms. The highest BCUT2D eigenvalue weighted by Gasteiger charge is 2.35. The first kappa shape index (κ1) is 12.5. The first-order valence-corrected chi connectivity index (χ1v) is 5.55. The zero-order chi connectivity index (χ0) is 11.3. The van der Waals surface area contributed by atoms with E-state index >= 15 is 0 Å². The molecule has 0 heterocycles. The van der Waals surface area contributed by atoms with Gasteiger partial charge in [0.2, 0.25) is 0 Å². The molecule has 1 N–H and O–H groups in total. The molecule has 0 radical (unpaired) electrons. The van der Waals surface area contributed by atoms with Gasteiger partial charge in [-0.15, -0.1) is 0 Å². The van der Waals surface area contributed by atoms with Crippen molar-refractivity contribution in [1.82, 2.24) is 5.06 Å². The monoisotopic (exact) mass is 215 g/mol. The van der Waals surface area contributed by atoms with Crippen molar-refractivity contribution in [3.8, 4) is 0 Å². The summed E-state index contributed by atoms with van der Waals surface area (Å²) in [6.45, 7) is 0.558. The van der Waals surface area contributed by atoms with E-state index in [1.165, 1.54) is 18.6 Å². The quantitative estimate of drug-likeness (QED) is 0.574. The highest BCUT2D eigenvalue weighted by molar-refractivity contribution is 5.70. The SMILES string of the molecule is COC(=O)CC1(CN(C)O)CCCCC1. The van der Waals surface area contributed by atoms with Crippen LogP contribution in [-0.2, 0) is 9.53 Å². The smallest absolute Gasteiger partial charge is 0.306 e. The molecule has 0 aliphatic heterocycles. The summed E-state index contributed by atoms with van der Waals surface area (Å²) in [5.74, 6) is -0.168. The maximum Gasteiger partial charge on any atom is 0.306 e. The third kappa shape index (κ3) is 3.80. The van der Waals surface area contributed by atoms with Gasteiger partial charge >= 0.3 is 5.97 Å². The van der Waals surface area contributed by atoms with Crippen LogP contribution in [0.15, 0.2) is 0 Å². The van der Waals surface area contributed by atoms with Crippen LogP contribution in [0.25, 0.3) is 0 Å². The summed E-state index contributed by atoms with van der Waals surface area (Å²) in [6.07, 6.45) is 5.96. The molecule has 4 heteroatoms. The summed E-state index contributed by atoms with van der Waals surface area (Å²) in [5, 5.41) is 10.5. The van der Waals surface area contributed by atoms with Gasteiger partial charge in [-0.25, -0.2) is 0 Å². The van der Waals surface area contributed by atoms with Gasteiger partial charge in [-0.3, -0.25) is 4.79 Å². The van der Waals surface area contributed by atoms with Crippen molar-refractivity contribution in [3.05, 3.63) is 0 Å². The first-order chi connectivity index (χ1) is 7.08. The Morgan fingerprint density at radius 1 is 1.40 bits per heavy atom. The largest absolute Gasteiger partial charge is 0.469 e. The summed E-state index contributed by atoms with van der Waals surface area (Å²) in [7, 11) is 3.05. The molecule has 0 unspecified atom stereocenters. The van der Waals surface area contributed by atoms with Crippen molar-refractivity contribution in [1.29, 1.82) is 0 Å². The van der Waals surface area contributed by atoms with E-state index in [-0.39, 0.29) is 11.4 Å². The molecular weight excluding hydrogens is 194 g/mol. The number of ether oxygens (including phenoxy) is 1. The lowest BCUT2D eigenvalue weighted by Gasteiger charge is -2.37. The topological polar surface area (TPSA) is 49.8 Å². The summed E-state index contributed by atoms with van der Waals surface area (Å²) in [4.78, 5) is 11.3. The Balaban J connectivity index is 2.61. The maximum atomic E-state index is 11.3. The van der Waals surface area contributed by atoms with E-state index < -0.39 is 0 Å². The second-order valence-electron chi connectivity index (χ2n) is 4.63. The van der Waals surface area contributed by atoms with Gasteiger partial charge in [0, 0.05) is 13.6 Å². The Morgan fingerprint density at radius 2 is 2.00 bits per heavy atom.